The number of para-hydroxylation sites is 1. The molecule has 0 aliphatic carbocycles. The molecule has 0 aliphatic rings. The number of nitrogens with zero attached hydrogens (tertiary/aromatic N) is 1. The van der Waals surface area contributed by atoms with Crippen molar-refractivity contribution in [1.29, 1.82) is 0 Å². The minimum Gasteiger partial charge on any atom is -0.507 e. The van der Waals surface area contributed by atoms with Crippen LogP contribution in [0.4, 0.5) is 4.79 Å². The van der Waals surface area contributed by atoms with Crippen molar-refractivity contribution in [3.8, 4) is 5.75 Å². The van der Waals surface area contributed by atoms with Crippen LogP contribution in [0, 0.1) is 12.8 Å². The van der Waals surface area contributed by atoms with Crippen LogP contribution in [-0.4, -0.2) is 51.1 Å². The number of aromatic hydroxyl groups is 1. The zero-order chi connectivity index (χ0) is 28.0. The predicted octanol–water partition coefficient (Wildman–Crippen LogP) is 5.22. The van der Waals surface area contributed by atoms with Gasteiger partial charge in [-0.05, 0) is 79.7 Å². The molecule has 3 atom stereocenters. The van der Waals surface area contributed by atoms with E-state index in [9.17, 15) is 19.5 Å². The number of hydrogen-bond donors (Lipinski definition) is 3. The highest BCUT2D eigenvalue weighted by molar-refractivity contribution is 5.93. The number of benzene rings is 1. The van der Waals surface area contributed by atoms with Gasteiger partial charge in [-0.2, -0.15) is 0 Å². The number of carbonyl (C=O) groups is 3. The Morgan fingerprint density at radius 1 is 1.06 bits per heavy atom. The standard InChI is InChI=1S/C28H47N3O5/c1-12-19(5)31(25(34)21(16-17(2)3)29-26(35)36-28(9,10)11)22(24(33)30-27(6,7)8)20-15-13-14-18(4)23(20)32/h13-15,17,19,21-22,32H,12,16H2,1-11H3,(H,29,35)(H,30,33). The summed E-state index contributed by atoms with van der Waals surface area (Å²) in [7, 11) is 0. The third-order valence-corrected chi connectivity index (χ3v) is 5.60. The molecule has 1 aromatic carbocycles. The Kier molecular flexibility index (Phi) is 10.8. The van der Waals surface area contributed by atoms with Crippen molar-refractivity contribution in [2.45, 2.75) is 118 Å². The van der Waals surface area contributed by atoms with Gasteiger partial charge in [-0.3, -0.25) is 9.59 Å². The lowest BCUT2D eigenvalue weighted by molar-refractivity contribution is -0.146. The van der Waals surface area contributed by atoms with Gasteiger partial charge in [0, 0.05) is 17.1 Å². The number of phenols is 1. The summed E-state index contributed by atoms with van der Waals surface area (Å²) >= 11 is 0. The molecule has 0 aliphatic heterocycles. The fourth-order valence-corrected chi connectivity index (χ4v) is 3.88. The van der Waals surface area contributed by atoms with Crippen LogP contribution >= 0.6 is 0 Å². The van der Waals surface area contributed by atoms with Gasteiger partial charge in [-0.15, -0.1) is 0 Å². The van der Waals surface area contributed by atoms with Gasteiger partial charge in [0.05, 0.1) is 0 Å². The summed E-state index contributed by atoms with van der Waals surface area (Å²) in [4.78, 5) is 42.0. The number of ether oxygens (including phenoxy) is 1. The van der Waals surface area contributed by atoms with E-state index in [0.29, 0.717) is 24.0 Å². The smallest absolute Gasteiger partial charge is 0.408 e. The van der Waals surface area contributed by atoms with E-state index in [1.165, 1.54) is 4.90 Å². The van der Waals surface area contributed by atoms with Gasteiger partial charge in [0.1, 0.15) is 23.4 Å². The van der Waals surface area contributed by atoms with E-state index in [1.54, 1.807) is 45.9 Å². The van der Waals surface area contributed by atoms with Gasteiger partial charge in [-0.25, -0.2) is 4.79 Å². The summed E-state index contributed by atoms with van der Waals surface area (Å²) in [6.07, 6.45) is 0.233. The van der Waals surface area contributed by atoms with Gasteiger partial charge in [0.25, 0.3) is 0 Å². The number of rotatable bonds is 9. The fourth-order valence-electron chi connectivity index (χ4n) is 3.88. The molecular weight excluding hydrogens is 458 g/mol. The predicted molar refractivity (Wildman–Crippen MR) is 143 cm³/mol. The molecule has 0 saturated heterocycles. The van der Waals surface area contributed by atoms with Gasteiger partial charge >= 0.3 is 6.09 Å². The highest BCUT2D eigenvalue weighted by Gasteiger charge is 2.40. The molecule has 0 fully saturated rings. The second-order valence-electron chi connectivity index (χ2n) is 12.0. The number of amides is 3. The number of carbonyl (C=O) groups excluding carboxylic acids is 3. The van der Waals surface area contributed by atoms with Crippen molar-refractivity contribution in [3.05, 3.63) is 29.3 Å². The maximum Gasteiger partial charge on any atom is 0.408 e. The molecular formula is C28H47N3O5. The van der Waals surface area contributed by atoms with Crippen LogP contribution in [-0.2, 0) is 14.3 Å². The van der Waals surface area contributed by atoms with E-state index in [1.807, 2.05) is 48.5 Å². The molecule has 36 heavy (non-hydrogen) atoms. The van der Waals surface area contributed by atoms with Crippen molar-refractivity contribution < 1.29 is 24.2 Å². The van der Waals surface area contributed by atoms with E-state index in [4.69, 9.17) is 4.74 Å². The molecule has 3 N–H and O–H groups in total. The van der Waals surface area contributed by atoms with Crippen LogP contribution < -0.4 is 10.6 Å². The molecule has 1 rings (SSSR count). The fraction of sp³-hybridized carbons (Fsp3) is 0.679. The molecule has 0 radical (unpaired) electrons. The first-order valence-electron chi connectivity index (χ1n) is 12.8. The van der Waals surface area contributed by atoms with E-state index < -0.39 is 41.1 Å². The van der Waals surface area contributed by atoms with E-state index in [-0.39, 0.29) is 17.7 Å². The maximum absolute atomic E-state index is 14.2. The largest absolute Gasteiger partial charge is 0.507 e. The SMILES string of the molecule is CCC(C)N(C(=O)C(CC(C)C)NC(=O)OC(C)(C)C)C(C(=O)NC(C)(C)C)c1cccc(C)c1O. The second kappa shape index (κ2) is 12.5. The topological polar surface area (TPSA) is 108 Å². The quantitative estimate of drug-likeness (QED) is 0.426. The normalized spacial score (nSPS) is 14.6. The van der Waals surface area contributed by atoms with Crippen molar-refractivity contribution in [2.24, 2.45) is 5.92 Å². The first-order valence-corrected chi connectivity index (χ1v) is 12.8. The minimum atomic E-state index is -1.10. The summed E-state index contributed by atoms with van der Waals surface area (Å²) in [5.41, 5.74) is -0.353. The zero-order valence-electron chi connectivity index (χ0n) is 24.0. The second-order valence-corrected chi connectivity index (χ2v) is 12.0. The Hall–Kier alpha value is -2.77. The van der Waals surface area contributed by atoms with Crippen molar-refractivity contribution in [1.82, 2.24) is 15.5 Å². The van der Waals surface area contributed by atoms with Crippen molar-refractivity contribution in [2.75, 3.05) is 0 Å². The lowest BCUT2D eigenvalue weighted by atomic mass is 9.95. The summed E-state index contributed by atoms with van der Waals surface area (Å²) in [6.45, 7) is 20.3. The van der Waals surface area contributed by atoms with Crippen LogP contribution in [0.1, 0.15) is 99.2 Å². The van der Waals surface area contributed by atoms with E-state index in [0.717, 1.165) is 0 Å². The number of hydrogen-bond acceptors (Lipinski definition) is 5. The number of phenolic OH excluding ortho intramolecular Hbond substituents is 1. The van der Waals surface area contributed by atoms with Crippen LogP contribution in [0.2, 0.25) is 0 Å². The Morgan fingerprint density at radius 2 is 1.64 bits per heavy atom. The highest BCUT2D eigenvalue weighted by atomic mass is 16.6. The van der Waals surface area contributed by atoms with Gasteiger partial charge in [-0.1, -0.05) is 39.0 Å². The van der Waals surface area contributed by atoms with Gasteiger partial charge in [0.2, 0.25) is 11.8 Å². The van der Waals surface area contributed by atoms with Crippen molar-refractivity contribution in [3.63, 3.8) is 0 Å². The lowest BCUT2D eigenvalue weighted by Crippen LogP contribution is -2.57. The van der Waals surface area contributed by atoms with E-state index >= 15 is 0 Å². The number of alkyl carbamates (subject to hydrolysis) is 1. The minimum absolute atomic E-state index is 0.0341. The molecule has 8 nitrogen and oxygen atoms in total. The summed E-state index contributed by atoms with van der Waals surface area (Å²) in [5, 5.41) is 16.7. The maximum atomic E-state index is 14.2. The third-order valence-electron chi connectivity index (χ3n) is 5.60. The first kappa shape index (κ1) is 31.3. The molecule has 8 heteroatoms. The average Bonchev–Trinajstić information content (AvgIpc) is 2.69. The number of nitrogens with one attached hydrogen (secondary N) is 2. The van der Waals surface area contributed by atoms with E-state index in [2.05, 4.69) is 10.6 Å². The molecule has 3 unspecified atom stereocenters. The molecule has 0 spiro atoms. The molecule has 0 saturated carbocycles. The number of aryl methyl sites for hydroxylation is 1. The molecule has 1 aromatic rings. The Morgan fingerprint density at radius 3 is 2.11 bits per heavy atom. The molecule has 0 aromatic heterocycles. The van der Waals surface area contributed by atoms with Gasteiger partial charge < -0.3 is 25.4 Å². The molecule has 3 amide bonds. The van der Waals surface area contributed by atoms with Crippen LogP contribution in [0.25, 0.3) is 0 Å². The zero-order valence-corrected chi connectivity index (χ0v) is 24.0. The van der Waals surface area contributed by atoms with Crippen LogP contribution in [0.5, 0.6) is 5.75 Å². The molecule has 0 heterocycles. The Balaban J connectivity index is 3.66. The summed E-state index contributed by atoms with van der Waals surface area (Å²) in [6, 6.07) is 2.80. The van der Waals surface area contributed by atoms with Gasteiger partial charge in [0.15, 0.2) is 0 Å². The third kappa shape index (κ3) is 9.36. The van der Waals surface area contributed by atoms with Crippen molar-refractivity contribution >= 4 is 17.9 Å². The van der Waals surface area contributed by atoms with Crippen LogP contribution in [0.15, 0.2) is 18.2 Å². The summed E-state index contributed by atoms with van der Waals surface area (Å²) in [5.74, 6) is -0.758. The average molecular weight is 506 g/mol. The lowest BCUT2D eigenvalue weighted by Gasteiger charge is -2.39. The first-order chi connectivity index (χ1) is 16.4. The van der Waals surface area contributed by atoms with Crippen LogP contribution in [0.3, 0.4) is 0 Å². The summed E-state index contributed by atoms with van der Waals surface area (Å²) < 4.78 is 5.42. The highest BCUT2D eigenvalue weighted by Crippen LogP contribution is 2.34. The molecule has 0 bridgehead atoms. The Bertz CT molecular complexity index is 915. The monoisotopic (exact) mass is 505 g/mol. The molecule has 204 valence electrons. The Labute approximate surface area is 217 Å².